The number of rotatable bonds is 7. The summed E-state index contributed by atoms with van der Waals surface area (Å²) in [5.74, 6) is 0.699. The van der Waals surface area contributed by atoms with Gasteiger partial charge in [-0.2, -0.15) is 13.2 Å². The fourth-order valence-corrected chi connectivity index (χ4v) is 5.65. The van der Waals surface area contributed by atoms with E-state index in [4.69, 9.17) is 9.47 Å². The molecule has 0 atom stereocenters. The van der Waals surface area contributed by atoms with E-state index in [0.29, 0.717) is 54.6 Å². The van der Waals surface area contributed by atoms with Gasteiger partial charge in [-0.3, -0.25) is 14.4 Å². The van der Waals surface area contributed by atoms with Crippen molar-refractivity contribution in [2.75, 3.05) is 45.2 Å². The fraction of sp³-hybridized carbons (Fsp3) is 0.222. The highest BCUT2D eigenvalue weighted by atomic mass is 19.4. The average molecular weight is 672 g/mol. The van der Waals surface area contributed by atoms with Gasteiger partial charge in [-0.15, -0.1) is 0 Å². The first-order chi connectivity index (χ1) is 23.4. The minimum atomic E-state index is -4.49. The Morgan fingerprint density at radius 1 is 0.776 bits per heavy atom. The summed E-state index contributed by atoms with van der Waals surface area (Å²) in [5.41, 5.74) is 1.59. The summed E-state index contributed by atoms with van der Waals surface area (Å²) in [5, 5.41) is 0.787. The first-order valence-electron chi connectivity index (χ1n) is 15.3. The molecule has 13 heteroatoms. The number of alkyl halides is 3. The van der Waals surface area contributed by atoms with E-state index in [1.165, 1.54) is 18.1 Å². The van der Waals surface area contributed by atoms with Gasteiger partial charge in [0.05, 0.1) is 24.6 Å². The van der Waals surface area contributed by atoms with Crippen LogP contribution in [0.2, 0.25) is 0 Å². The number of ether oxygens (including phenoxy) is 2. The number of carbonyl (C=O) groups excluding carboxylic acids is 3. The molecule has 0 spiro atoms. The topological polar surface area (TPSA) is 97.2 Å². The molecule has 3 amide bonds. The maximum absolute atomic E-state index is 13.5. The molecule has 49 heavy (non-hydrogen) atoms. The van der Waals surface area contributed by atoms with Crippen LogP contribution in [0.4, 0.5) is 18.9 Å². The van der Waals surface area contributed by atoms with Crippen LogP contribution in [0.25, 0.3) is 10.9 Å². The smallest absolute Gasteiger partial charge is 0.416 e. The highest BCUT2D eigenvalue weighted by molar-refractivity contribution is 6.05. The Morgan fingerprint density at radius 3 is 1.98 bits per heavy atom. The van der Waals surface area contributed by atoms with Gasteiger partial charge in [-0.1, -0.05) is 0 Å². The lowest BCUT2D eigenvalue weighted by molar-refractivity contribution is -0.137. The van der Waals surface area contributed by atoms with Crippen molar-refractivity contribution in [3.05, 3.63) is 114 Å². The number of anilines is 1. The maximum Gasteiger partial charge on any atom is 0.416 e. The summed E-state index contributed by atoms with van der Waals surface area (Å²) in [6.45, 7) is 1.65. The summed E-state index contributed by atoms with van der Waals surface area (Å²) in [7, 11) is 4.89. The first kappa shape index (κ1) is 33.1. The van der Waals surface area contributed by atoms with Crippen LogP contribution in [0.15, 0.2) is 91.1 Å². The molecular formula is C36H32F3N5O5. The summed E-state index contributed by atoms with van der Waals surface area (Å²) in [4.78, 5) is 48.4. The standard InChI is InChI=1S/C36H32F3N5O5/c1-41(33(45)23-4-8-26(9-5-23)36(37,38)39)27-10-15-32(40-22-27)49-29-13-14-30-25(20-29)21-31(42(30)2)35(47)44-18-16-43(17-19-44)34(46)24-6-11-28(48-3)12-7-24/h4-15,20-22H,16-19H2,1-3H3. The van der Waals surface area contributed by atoms with Crippen LogP contribution in [-0.4, -0.2) is 77.4 Å². The van der Waals surface area contributed by atoms with Gasteiger partial charge < -0.3 is 28.7 Å². The second kappa shape index (κ2) is 13.3. The van der Waals surface area contributed by atoms with Gasteiger partial charge in [0.2, 0.25) is 5.88 Å². The molecule has 0 unspecified atom stereocenters. The van der Waals surface area contributed by atoms with Gasteiger partial charge in [-0.25, -0.2) is 4.98 Å². The number of methoxy groups -OCH3 is 1. The van der Waals surface area contributed by atoms with E-state index in [1.807, 2.05) is 17.7 Å². The van der Waals surface area contributed by atoms with E-state index in [2.05, 4.69) is 4.98 Å². The third-order valence-electron chi connectivity index (χ3n) is 8.52. The zero-order valence-electron chi connectivity index (χ0n) is 26.9. The monoisotopic (exact) mass is 671 g/mol. The number of halogens is 3. The van der Waals surface area contributed by atoms with Crippen molar-refractivity contribution in [1.29, 1.82) is 0 Å². The normalized spacial score (nSPS) is 13.3. The van der Waals surface area contributed by atoms with Crippen LogP contribution in [0, 0.1) is 0 Å². The summed E-state index contributed by atoms with van der Waals surface area (Å²) in [6.07, 6.45) is -3.06. The van der Waals surface area contributed by atoms with Gasteiger partial charge in [0, 0.05) is 68.4 Å². The number of hydrogen-bond donors (Lipinski definition) is 0. The quantitative estimate of drug-likeness (QED) is 0.203. The van der Waals surface area contributed by atoms with Crippen LogP contribution in [0.3, 0.4) is 0 Å². The SMILES string of the molecule is COc1ccc(C(=O)N2CCN(C(=O)c3cc4cc(Oc5ccc(N(C)C(=O)c6ccc(C(F)(F)F)cc6)cn5)ccc4n3C)CC2)cc1. The Labute approximate surface area is 279 Å². The predicted octanol–water partition coefficient (Wildman–Crippen LogP) is 6.27. The molecule has 1 fully saturated rings. The number of piperazine rings is 1. The molecular weight excluding hydrogens is 639 g/mol. The molecule has 2 aromatic heterocycles. The Bertz CT molecular complexity index is 2000. The number of fused-ring (bicyclic) bond motifs is 1. The van der Waals surface area contributed by atoms with E-state index in [1.54, 1.807) is 71.5 Å². The third-order valence-corrected chi connectivity index (χ3v) is 8.52. The molecule has 6 rings (SSSR count). The van der Waals surface area contributed by atoms with E-state index in [0.717, 1.165) is 35.2 Å². The molecule has 3 aromatic carbocycles. The van der Waals surface area contributed by atoms with Gasteiger partial charge in [0.1, 0.15) is 17.2 Å². The lowest BCUT2D eigenvalue weighted by Crippen LogP contribution is -2.50. The number of aromatic nitrogens is 2. The van der Waals surface area contributed by atoms with Crippen molar-refractivity contribution in [2.45, 2.75) is 6.18 Å². The lowest BCUT2D eigenvalue weighted by atomic mass is 10.1. The van der Waals surface area contributed by atoms with Crippen molar-refractivity contribution >= 4 is 34.3 Å². The maximum atomic E-state index is 13.5. The Balaban J connectivity index is 1.08. The van der Waals surface area contributed by atoms with Crippen LogP contribution in [0.1, 0.15) is 36.8 Å². The van der Waals surface area contributed by atoms with Crippen molar-refractivity contribution in [3.8, 4) is 17.4 Å². The minimum Gasteiger partial charge on any atom is -0.497 e. The zero-order valence-corrected chi connectivity index (χ0v) is 26.9. The summed E-state index contributed by atoms with van der Waals surface area (Å²) >= 11 is 0. The zero-order chi connectivity index (χ0) is 34.9. The number of carbonyl (C=O) groups is 3. The Hall–Kier alpha value is -5.85. The second-order valence-electron chi connectivity index (χ2n) is 11.5. The minimum absolute atomic E-state index is 0.0883. The molecule has 1 saturated heterocycles. The molecule has 5 aromatic rings. The number of aryl methyl sites for hydroxylation is 1. The molecule has 0 radical (unpaired) electrons. The number of amides is 3. The van der Waals surface area contributed by atoms with Crippen LogP contribution in [0.5, 0.6) is 17.4 Å². The molecule has 252 valence electrons. The highest BCUT2D eigenvalue weighted by Crippen LogP contribution is 2.31. The Morgan fingerprint density at radius 2 is 1.39 bits per heavy atom. The fourth-order valence-electron chi connectivity index (χ4n) is 5.65. The average Bonchev–Trinajstić information content (AvgIpc) is 3.45. The van der Waals surface area contributed by atoms with E-state index < -0.39 is 17.6 Å². The number of benzene rings is 3. The molecule has 10 nitrogen and oxygen atoms in total. The molecule has 1 aliphatic rings. The summed E-state index contributed by atoms with van der Waals surface area (Å²) in [6, 6.07) is 21.4. The number of pyridine rings is 1. The van der Waals surface area contributed by atoms with Gasteiger partial charge in [0.25, 0.3) is 17.7 Å². The first-order valence-corrected chi connectivity index (χ1v) is 15.3. The van der Waals surface area contributed by atoms with Gasteiger partial charge >= 0.3 is 6.18 Å². The third kappa shape index (κ3) is 6.91. The summed E-state index contributed by atoms with van der Waals surface area (Å²) < 4.78 is 51.6. The Kier molecular flexibility index (Phi) is 9.00. The number of hydrogen-bond acceptors (Lipinski definition) is 6. The van der Waals surface area contributed by atoms with E-state index in [9.17, 15) is 27.6 Å². The lowest BCUT2D eigenvalue weighted by Gasteiger charge is -2.34. The van der Waals surface area contributed by atoms with Gasteiger partial charge in [-0.05, 0) is 78.9 Å². The number of nitrogens with zero attached hydrogens (tertiary/aromatic N) is 5. The molecule has 0 N–H and O–H groups in total. The van der Waals surface area contributed by atoms with Gasteiger partial charge in [0.15, 0.2) is 0 Å². The van der Waals surface area contributed by atoms with Crippen LogP contribution in [-0.2, 0) is 13.2 Å². The van der Waals surface area contributed by atoms with Crippen molar-refractivity contribution in [2.24, 2.45) is 7.05 Å². The second-order valence-corrected chi connectivity index (χ2v) is 11.5. The van der Waals surface area contributed by atoms with E-state index >= 15 is 0 Å². The van der Waals surface area contributed by atoms with Crippen molar-refractivity contribution in [3.63, 3.8) is 0 Å². The largest absolute Gasteiger partial charge is 0.497 e. The van der Waals surface area contributed by atoms with E-state index in [-0.39, 0.29) is 23.3 Å². The molecule has 0 bridgehead atoms. The highest BCUT2D eigenvalue weighted by Gasteiger charge is 2.31. The molecule has 0 saturated carbocycles. The van der Waals surface area contributed by atoms with Crippen LogP contribution >= 0.6 is 0 Å². The molecule has 0 aliphatic carbocycles. The predicted molar refractivity (Wildman–Crippen MR) is 176 cm³/mol. The molecule has 1 aliphatic heterocycles. The van der Waals surface area contributed by atoms with Crippen LogP contribution < -0.4 is 14.4 Å². The molecule has 3 heterocycles. The van der Waals surface area contributed by atoms with Crippen molar-refractivity contribution in [1.82, 2.24) is 19.4 Å². The van der Waals surface area contributed by atoms with Crippen molar-refractivity contribution < 1.29 is 37.0 Å².